The van der Waals surface area contributed by atoms with Gasteiger partial charge < -0.3 is 0 Å². The van der Waals surface area contributed by atoms with Gasteiger partial charge in [0.2, 0.25) is 11.7 Å². The Kier molecular flexibility index (Phi) is 5.62. The van der Waals surface area contributed by atoms with E-state index < -0.39 is 0 Å². The van der Waals surface area contributed by atoms with Crippen LogP contribution in [-0.4, -0.2) is 28.5 Å². The predicted molar refractivity (Wildman–Crippen MR) is 212 cm³/mol. The van der Waals surface area contributed by atoms with Gasteiger partial charge in [-0.25, -0.2) is 15.0 Å². The smallest absolute Gasteiger partial charge is 0.235 e. The molecule has 0 amide bonds. The molecule has 0 bridgehead atoms. The van der Waals surface area contributed by atoms with Crippen LogP contribution < -0.4 is 0 Å². The van der Waals surface area contributed by atoms with Gasteiger partial charge in [0, 0.05) is 37.2 Å². The lowest BCUT2D eigenvalue weighted by atomic mass is 10.0. The summed E-state index contributed by atoms with van der Waals surface area (Å²) in [5.74, 6) is 1.58. The second kappa shape index (κ2) is 10.4. The van der Waals surface area contributed by atoms with E-state index in [-0.39, 0.29) is 0 Å². The number of hydrogen-bond acceptors (Lipinski definition) is 4. The molecule has 0 spiro atoms. The second-order valence-corrected chi connectivity index (χ2v) is 14.4. The lowest BCUT2D eigenvalue weighted by Gasteiger charge is -2.20. The first-order valence-corrected chi connectivity index (χ1v) is 18.2. The quantitative estimate of drug-likeness (QED) is 0.186. The summed E-state index contributed by atoms with van der Waals surface area (Å²) in [6.07, 6.45) is 0. The van der Waals surface area contributed by atoms with Crippen LogP contribution in [0.15, 0.2) is 168 Å². The van der Waals surface area contributed by atoms with Crippen LogP contribution in [0, 0.1) is 0 Å². The Morgan fingerprint density at radius 3 is 2.08 bits per heavy atom. The largest absolute Gasteiger partial charge is 0.278 e. The van der Waals surface area contributed by atoms with Crippen LogP contribution >= 0.6 is 11.8 Å². The zero-order valence-electron chi connectivity index (χ0n) is 27.6. The zero-order valence-corrected chi connectivity index (χ0v) is 28.4. The molecule has 1 aliphatic rings. The highest BCUT2D eigenvalue weighted by molar-refractivity contribution is 7.99. The molecule has 0 saturated heterocycles. The third-order valence-electron chi connectivity index (χ3n) is 10.5. The van der Waals surface area contributed by atoms with Gasteiger partial charge in [-0.05, 0) is 83.9 Å². The van der Waals surface area contributed by atoms with Crippen molar-refractivity contribution in [3.63, 3.8) is 0 Å². The highest BCUT2D eigenvalue weighted by Crippen LogP contribution is 2.47. The van der Waals surface area contributed by atoms with E-state index in [1.807, 2.05) is 0 Å². The molecule has 242 valence electrons. The summed E-state index contributed by atoms with van der Waals surface area (Å²) in [5.41, 5.74) is 12.9. The van der Waals surface area contributed by atoms with E-state index in [1.165, 1.54) is 15.2 Å². The Labute approximate surface area is 301 Å². The van der Waals surface area contributed by atoms with Gasteiger partial charge in [-0.3, -0.25) is 13.5 Å². The van der Waals surface area contributed by atoms with Crippen molar-refractivity contribution < 1.29 is 0 Å². The summed E-state index contributed by atoms with van der Waals surface area (Å²) in [6.45, 7) is 0. The van der Waals surface area contributed by atoms with E-state index in [0.29, 0.717) is 5.95 Å². The minimum absolute atomic E-state index is 0.679. The van der Waals surface area contributed by atoms with E-state index in [2.05, 4.69) is 171 Å². The average molecular weight is 683 g/mol. The molecule has 0 saturated carbocycles. The molecule has 12 rings (SSSR count). The molecular weight excluding hydrogens is 657 g/mol. The maximum absolute atomic E-state index is 5.33. The van der Waals surface area contributed by atoms with Crippen LogP contribution in [0.4, 0.5) is 0 Å². The van der Waals surface area contributed by atoms with Crippen molar-refractivity contribution in [2.75, 3.05) is 0 Å². The average Bonchev–Trinajstić information content (AvgIpc) is 3.84. The van der Waals surface area contributed by atoms with Crippen molar-refractivity contribution >= 4 is 72.3 Å². The monoisotopic (exact) mass is 682 g/mol. The van der Waals surface area contributed by atoms with Gasteiger partial charge in [0.15, 0.2) is 0 Å². The lowest BCUT2D eigenvalue weighted by Crippen LogP contribution is -2.05. The molecule has 52 heavy (non-hydrogen) atoms. The van der Waals surface area contributed by atoms with Gasteiger partial charge in [0.25, 0.3) is 0 Å². The van der Waals surface area contributed by atoms with Gasteiger partial charge in [0.1, 0.15) is 0 Å². The van der Waals surface area contributed by atoms with E-state index in [1.54, 1.807) is 11.8 Å². The zero-order chi connectivity index (χ0) is 33.9. The minimum atomic E-state index is 0.679. The third kappa shape index (κ3) is 3.83. The first-order chi connectivity index (χ1) is 25.8. The predicted octanol–water partition coefficient (Wildman–Crippen LogP) is 11.3. The number of aromatic nitrogens is 6. The molecule has 5 heterocycles. The SMILES string of the molecule is c1ccc(-n2c3ccc(-c4ccc5c(c4)c4ccccc4n5-c4nc5c6c(cccc6n4)Sc4ccccc4-5)cc3n3c4ccccc4nc23)cc1. The van der Waals surface area contributed by atoms with Crippen LogP contribution in [0.5, 0.6) is 0 Å². The molecule has 11 aromatic rings. The number of imidazole rings is 2. The van der Waals surface area contributed by atoms with Crippen molar-refractivity contribution in [2.24, 2.45) is 0 Å². The standard InChI is InChI=1S/C45H26N6S/c1-2-11-29(12-3-1)49-38-24-22-28(26-39(38)51-37-18-8-6-15-33(37)47-45(49)51)27-21-23-36-32(25-27)30-13-4-7-17-35(30)50(36)44-46-34-16-10-20-41-42(34)43(48-44)31-14-5-9-19-40(31)52-41/h1-26H. The lowest BCUT2D eigenvalue weighted by molar-refractivity contribution is 1.01. The Morgan fingerprint density at radius 1 is 0.442 bits per heavy atom. The van der Waals surface area contributed by atoms with Crippen LogP contribution in [0.3, 0.4) is 0 Å². The number of benzene rings is 7. The van der Waals surface area contributed by atoms with Crippen LogP contribution in [0.1, 0.15) is 0 Å². The molecule has 6 nitrogen and oxygen atoms in total. The Morgan fingerprint density at radius 2 is 1.15 bits per heavy atom. The Bertz CT molecular complexity index is 3280. The fraction of sp³-hybridized carbons (Fsp3) is 0. The first kappa shape index (κ1) is 28.0. The van der Waals surface area contributed by atoms with Gasteiger partial charge >= 0.3 is 0 Å². The van der Waals surface area contributed by atoms with E-state index in [4.69, 9.17) is 15.0 Å². The van der Waals surface area contributed by atoms with Crippen LogP contribution in [0.25, 0.3) is 94.6 Å². The van der Waals surface area contributed by atoms with E-state index >= 15 is 0 Å². The normalized spacial score (nSPS) is 12.5. The topological polar surface area (TPSA) is 52.9 Å². The van der Waals surface area contributed by atoms with Gasteiger partial charge in [-0.2, -0.15) is 0 Å². The fourth-order valence-corrected chi connectivity index (χ4v) is 9.28. The molecule has 4 aromatic heterocycles. The molecule has 7 aromatic carbocycles. The summed E-state index contributed by atoms with van der Waals surface area (Å²) in [5, 5.41) is 3.45. The van der Waals surface area contributed by atoms with Crippen molar-refractivity contribution in [3.8, 4) is 34.0 Å². The highest BCUT2D eigenvalue weighted by Gasteiger charge is 2.24. The summed E-state index contributed by atoms with van der Waals surface area (Å²) >= 11 is 1.79. The summed E-state index contributed by atoms with van der Waals surface area (Å²) in [6, 6.07) is 55.9. The van der Waals surface area contributed by atoms with Crippen LogP contribution in [0.2, 0.25) is 0 Å². The number of nitrogens with zero attached hydrogens (tertiary/aromatic N) is 6. The number of rotatable bonds is 3. The van der Waals surface area contributed by atoms with Crippen molar-refractivity contribution in [3.05, 3.63) is 158 Å². The third-order valence-corrected chi connectivity index (χ3v) is 11.6. The van der Waals surface area contributed by atoms with Crippen molar-refractivity contribution in [1.82, 2.24) is 28.5 Å². The van der Waals surface area contributed by atoms with Gasteiger partial charge in [0.05, 0.1) is 44.3 Å². The van der Waals surface area contributed by atoms with Crippen LogP contribution in [-0.2, 0) is 0 Å². The van der Waals surface area contributed by atoms with E-state index in [9.17, 15) is 0 Å². The molecule has 0 fully saturated rings. The fourth-order valence-electron chi connectivity index (χ4n) is 8.17. The van der Waals surface area contributed by atoms with E-state index in [0.717, 1.165) is 83.2 Å². The number of para-hydroxylation sites is 4. The molecule has 0 N–H and O–H groups in total. The van der Waals surface area contributed by atoms with Crippen molar-refractivity contribution in [1.29, 1.82) is 0 Å². The minimum Gasteiger partial charge on any atom is -0.278 e. The maximum atomic E-state index is 5.33. The summed E-state index contributed by atoms with van der Waals surface area (Å²) < 4.78 is 6.77. The Balaban J connectivity index is 1.08. The van der Waals surface area contributed by atoms with Gasteiger partial charge in [-0.1, -0.05) is 96.7 Å². The number of fused-ring (bicyclic) bond motifs is 10. The molecule has 7 heteroatoms. The highest BCUT2D eigenvalue weighted by atomic mass is 32.2. The molecule has 0 radical (unpaired) electrons. The second-order valence-electron chi connectivity index (χ2n) is 13.3. The molecule has 0 unspecified atom stereocenters. The molecule has 0 atom stereocenters. The molecular formula is C45H26N6S. The number of hydrogen-bond donors (Lipinski definition) is 0. The Hall–Kier alpha value is -6.70. The first-order valence-electron chi connectivity index (χ1n) is 17.4. The summed E-state index contributed by atoms with van der Waals surface area (Å²) in [4.78, 5) is 18.1. The molecule has 0 aliphatic carbocycles. The van der Waals surface area contributed by atoms with Gasteiger partial charge in [-0.15, -0.1) is 0 Å². The maximum Gasteiger partial charge on any atom is 0.235 e. The molecule has 1 aliphatic heterocycles. The summed E-state index contributed by atoms with van der Waals surface area (Å²) in [7, 11) is 0. The van der Waals surface area contributed by atoms with Crippen molar-refractivity contribution in [2.45, 2.75) is 9.79 Å².